The van der Waals surface area contributed by atoms with Gasteiger partial charge in [-0.15, -0.1) is 35.3 Å². The van der Waals surface area contributed by atoms with Gasteiger partial charge in [-0.1, -0.05) is 0 Å². The van der Waals surface area contributed by atoms with Gasteiger partial charge < -0.3 is 19.5 Å². The van der Waals surface area contributed by atoms with E-state index in [1.165, 1.54) is 16.7 Å². The molecule has 136 valence electrons. The summed E-state index contributed by atoms with van der Waals surface area (Å²) < 4.78 is 5.20. The molecule has 0 saturated carbocycles. The van der Waals surface area contributed by atoms with Crippen LogP contribution < -0.4 is 5.32 Å². The molecule has 2 aromatic rings. The summed E-state index contributed by atoms with van der Waals surface area (Å²) in [5, 5.41) is 5.52. The Morgan fingerprint density at radius 1 is 1.28 bits per heavy atom. The normalized spacial score (nSPS) is 15.0. The highest BCUT2D eigenvalue weighted by atomic mass is 127. The van der Waals surface area contributed by atoms with Gasteiger partial charge in [0.15, 0.2) is 11.7 Å². The van der Waals surface area contributed by atoms with E-state index in [4.69, 9.17) is 4.42 Å². The van der Waals surface area contributed by atoms with E-state index in [2.05, 4.69) is 33.6 Å². The van der Waals surface area contributed by atoms with Gasteiger partial charge in [-0.25, -0.2) is 0 Å². The van der Waals surface area contributed by atoms with Crippen molar-refractivity contribution in [1.82, 2.24) is 15.1 Å². The third-order valence-corrected chi connectivity index (χ3v) is 5.21. The number of nitrogens with one attached hydrogen (secondary N) is 1. The van der Waals surface area contributed by atoms with Crippen LogP contribution in [-0.2, 0) is 6.54 Å². The predicted molar refractivity (Wildman–Crippen MR) is 111 cm³/mol. The van der Waals surface area contributed by atoms with E-state index in [9.17, 15) is 4.79 Å². The fraction of sp³-hybridized carbons (Fsp3) is 0.412. The van der Waals surface area contributed by atoms with E-state index < -0.39 is 0 Å². The van der Waals surface area contributed by atoms with Crippen LogP contribution in [0.25, 0.3) is 0 Å². The van der Waals surface area contributed by atoms with Crippen molar-refractivity contribution in [2.75, 3.05) is 33.2 Å². The number of guanidine groups is 1. The minimum atomic E-state index is -0.0446. The molecule has 0 aliphatic carbocycles. The van der Waals surface area contributed by atoms with Gasteiger partial charge in [0.1, 0.15) is 0 Å². The van der Waals surface area contributed by atoms with Crippen LogP contribution in [0.5, 0.6) is 0 Å². The van der Waals surface area contributed by atoms with Crippen LogP contribution in [0.4, 0.5) is 0 Å². The van der Waals surface area contributed by atoms with Gasteiger partial charge in [0.25, 0.3) is 5.91 Å². The van der Waals surface area contributed by atoms with Crippen LogP contribution in [0.3, 0.4) is 0 Å². The third kappa shape index (κ3) is 4.75. The second-order valence-electron chi connectivity index (χ2n) is 5.68. The molecule has 3 rings (SSSR count). The van der Waals surface area contributed by atoms with Crippen LogP contribution in [0.15, 0.2) is 39.3 Å². The van der Waals surface area contributed by atoms with Crippen molar-refractivity contribution < 1.29 is 9.21 Å². The lowest BCUT2D eigenvalue weighted by atomic mass is 10.3. The van der Waals surface area contributed by atoms with Gasteiger partial charge in [-0.05, 0) is 36.1 Å². The van der Waals surface area contributed by atoms with Crippen LogP contribution >= 0.6 is 35.3 Å². The Bertz CT molecular complexity index is 706. The van der Waals surface area contributed by atoms with E-state index in [-0.39, 0.29) is 29.9 Å². The summed E-state index contributed by atoms with van der Waals surface area (Å²) in [6, 6.07) is 5.57. The molecule has 0 atom stereocenters. The molecule has 3 heterocycles. The van der Waals surface area contributed by atoms with Crippen molar-refractivity contribution in [3.63, 3.8) is 0 Å². The molecule has 0 bridgehead atoms. The molecule has 1 amide bonds. The zero-order valence-electron chi connectivity index (χ0n) is 14.4. The lowest BCUT2D eigenvalue weighted by molar-refractivity contribution is 0.0657. The van der Waals surface area contributed by atoms with Gasteiger partial charge in [-0.3, -0.25) is 9.79 Å². The summed E-state index contributed by atoms with van der Waals surface area (Å²) in [5.74, 6) is 1.24. The summed E-state index contributed by atoms with van der Waals surface area (Å²) in [5.41, 5.74) is 1.30. The first-order chi connectivity index (χ1) is 11.7. The third-order valence-electron chi connectivity index (χ3n) is 4.19. The highest BCUT2D eigenvalue weighted by Gasteiger charge is 2.25. The molecule has 0 radical (unpaired) electrons. The maximum Gasteiger partial charge on any atom is 0.289 e. The lowest BCUT2D eigenvalue weighted by Gasteiger charge is -2.36. The quantitative estimate of drug-likeness (QED) is 0.423. The summed E-state index contributed by atoms with van der Waals surface area (Å²) in [7, 11) is 1.80. The fourth-order valence-electron chi connectivity index (χ4n) is 2.75. The molecule has 1 saturated heterocycles. The molecule has 1 aliphatic rings. The zero-order chi connectivity index (χ0) is 16.9. The summed E-state index contributed by atoms with van der Waals surface area (Å²) in [6.07, 6.45) is 1.53. The van der Waals surface area contributed by atoms with E-state index in [1.807, 2.05) is 4.90 Å². The van der Waals surface area contributed by atoms with E-state index in [0.29, 0.717) is 18.8 Å². The molecule has 6 nitrogen and oxygen atoms in total. The maximum atomic E-state index is 12.3. The molecule has 25 heavy (non-hydrogen) atoms. The molecule has 1 fully saturated rings. The number of rotatable bonds is 3. The van der Waals surface area contributed by atoms with Gasteiger partial charge >= 0.3 is 0 Å². The Labute approximate surface area is 168 Å². The molecule has 0 aromatic carbocycles. The minimum Gasteiger partial charge on any atom is -0.459 e. The highest BCUT2D eigenvalue weighted by molar-refractivity contribution is 14.0. The van der Waals surface area contributed by atoms with Crippen molar-refractivity contribution in [2.45, 2.75) is 13.5 Å². The number of hydrogen-bond donors (Lipinski definition) is 1. The van der Waals surface area contributed by atoms with Crippen LogP contribution in [-0.4, -0.2) is 54.9 Å². The number of aliphatic imine (C=N–C) groups is 1. The van der Waals surface area contributed by atoms with E-state index in [0.717, 1.165) is 25.6 Å². The SMILES string of the molecule is CN=C(NCc1sccc1C)N1CCN(C(=O)c2ccco2)CC1.I. The van der Waals surface area contributed by atoms with Crippen LogP contribution in [0.1, 0.15) is 21.0 Å². The standard InChI is InChI=1S/C17H22N4O2S.HI/c1-13-5-11-24-15(13)12-19-17(18-2)21-8-6-20(7-9-21)16(22)14-4-3-10-23-14;/h3-5,10-11H,6-9,12H2,1-2H3,(H,18,19);1H. The van der Waals surface area contributed by atoms with Crippen molar-refractivity contribution in [2.24, 2.45) is 4.99 Å². The molecule has 8 heteroatoms. The van der Waals surface area contributed by atoms with Crippen molar-refractivity contribution in [1.29, 1.82) is 0 Å². The Kier molecular flexibility index (Phi) is 7.30. The largest absolute Gasteiger partial charge is 0.459 e. The number of carbonyl (C=O) groups is 1. The number of nitrogens with zero attached hydrogens (tertiary/aromatic N) is 3. The number of aryl methyl sites for hydroxylation is 1. The van der Waals surface area contributed by atoms with E-state index >= 15 is 0 Å². The maximum absolute atomic E-state index is 12.3. The summed E-state index contributed by atoms with van der Waals surface area (Å²) in [6.45, 7) is 5.75. The predicted octanol–water partition coefficient (Wildman–Crippen LogP) is 2.80. The number of halogens is 1. The van der Waals surface area contributed by atoms with Crippen molar-refractivity contribution in [3.8, 4) is 0 Å². The van der Waals surface area contributed by atoms with Crippen molar-refractivity contribution in [3.05, 3.63) is 46.0 Å². The molecular weight excluding hydrogens is 451 g/mol. The lowest BCUT2D eigenvalue weighted by Crippen LogP contribution is -2.53. The molecule has 1 N–H and O–H groups in total. The molecule has 2 aromatic heterocycles. The van der Waals surface area contributed by atoms with Crippen molar-refractivity contribution >= 4 is 47.2 Å². The fourth-order valence-corrected chi connectivity index (χ4v) is 3.60. The first-order valence-corrected chi connectivity index (χ1v) is 8.88. The smallest absolute Gasteiger partial charge is 0.289 e. The monoisotopic (exact) mass is 474 g/mol. The zero-order valence-corrected chi connectivity index (χ0v) is 17.5. The Balaban J connectivity index is 0.00000225. The second-order valence-corrected chi connectivity index (χ2v) is 6.68. The topological polar surface area (TPSA) is 61.1 Å². The minimum absolute atomic E-state index is 0. The molecular formula is C17H23IN4O2S. The first-order valence-electron chi connectivity index (χ1n) is 8.00. The number of carbonyl (C=O) groups excluding carboxylic acids is 1. The van der Waals surface area contributed by atoms with Crippen LogP contribution in [0, 0.1) is 6.92 Å². The number of amides is 1. The van der Waals surface area contributed by atoms with Crippen LogP contribution in [0.2, 0.25) is 0 Å². The average molecular weight is 474 g/mol. The van der Waals surface area contributed by atoms with Gasteiger partial charge in [-0.2, -0.15) is 0 Å². The number of furan rings is 1. The van der Waals surface area contributed by atoms with Gasteiger partial charge in [0, 0.05) is 38.1 Å². The first kappa shape index (κ1) is 19.8. The molecule has 0 spiro atoms. The Hall–Kier alpha value is -1.55. The average Bonchev–Trinajstić information content (AvgIpc) is 3.27. The summed E-state index contributed by atoms with van der Waals surface area (Å²) >= 11 is 1.75. The second kappa shape index (κ2) is 9.23. The van der Waals surface area contributed by atoms with Gasteiger partial charge in [0.2, 0.25) is 0 Å². The number of piperazine rings is 1. The Morgan fingerprint density at radius 3 is 2.56 bits per heavy atom. The highest BCUT2D eigenvalue weighted by Crippen LogP contribution is 2.15. The van der Waals surface area contributed by atoms with E-state index in [1.54, 1.807) is 30.5 Å². The number of thiophene rings is 1. The Morgan fingerprint density at radius 2 is 2.00 bits per heavy atom. The summed E-state index contributed by atoms with van der Waals surface area (Å²) in [4.78, 5) is 22.0. The molecule has 1 aliphatic heterocycles. The molecule has 0 unspecified atom stereocenters. The number of hydrogen-bond acceptors (Lipinski definition) is 4. The van der Waals surface area contributed by atoms with Gasteiger partial charge in [0.05, 0.1) is 12.8 Å².